The largest absolute Gasteiger partial charge is 0.459 e. The molecule has 5 aromatic rings. The molecule has 1 heterocycles. The van der Waals surface area contributed by atoms with Crippen LogP contribution < -0.4 is 15.9 Å². The predicted octanol–water partition coefficient (Wildman–Crippen LogP) is 4.76. The first-order valence-electron chi connectivity index (χ1n) is 18.0. The van der Waals surface area contributed by atoms with Crippen molar-refractivity contribution < 1.29 is 35.2 Å². The number of aromatic nitrogens is 2. The Hall–Kier alpha value is -6.01. The van der Waals surface area contributed by atoms with E-state index in [2.05, 4.69) is 20.6 Å². The second kappa shape index (κ2) is 19.0. The molecule has 3 amide bonds. The Balaban J connectivity index is 1.38. The van der Waals surface area contributed by atoms with Crippen LogP contribution in [0.2, 0.25) is 1.41 Å². The van der Waals surface area contributed by atoms with Crippen molar-refractivity contribution in [1.29, 1.82) is 0 Å². The zero-order valence-corrected chi connectivity index (χ0v) is 29.7. The van der Waals surface area contributed by atoms with Crippen molar-refractivity contribution in [3.8, 4) is 0 Å². The molecular formula is C41H45N5O7. The molecule has 0 spiro atoms. The van der Waals surface area contributed by atoms with Gasteiger partial charge in [-0.1, -0.05) is 117 Å². The smallest absolute Gasteiger partial charge is 0.408 e. The molecule has 0 unspecified atom stereocenters. The van der Waals surface area contributed by atoms with Gasteiger partial charge in [-0.2, -0.15) is 0 Å². The number of carbonyl (C=O) groups is 4. The van der Waals surface area contributed by atoms with Gasteiger partial charge in [0.2, 0.25) is 11.8 Å². The van der Waals surface area contributed by atoms with Gasteiger partial charge in [0.25, 0.3) is 0 Å². The Kier molecular flexibility index (Phi) is 13.2. The number of carbonyl (C=O) groups excluding carboxylic acids is 4. The molecule has 0 aliphatic rings. The monoisotopic (exact) mass is 720 g/mol. The van der Waals surface area contributed by atoms with Gasteiger partial charge in [0.1, 0.15) is 25.3 Å². The average Bonchev–Trinajstić information content (AvgIpc) is 3.71. The van der Waals surface area contributed by atoms with Gasteiger partial charge in [-0.25, -0.2) is 14.6 Å². The highest BCUT2D eigenvalue weighted by atomic mass is 16.6. The van der Waals surface area contributed by atoms with E-state index < -0.39 is 48.1 Å². The second-order valence-corrected chi connectivity index (χ2v) is 13.2. The molecular weight excluding hydrogens is 674 g/mol. The van der Waals surface area contributed by atoms with Gasteiger partial charge in [-0.15, -0.1) is 0 Å². The summed E-state index contributed by atoms with van der Waals surface area (Å²) < 4.78 is 19.6. The fourth-order valence-corrected chi connectivity index (χ4v) is 5.89. The van der Waals surface area contributed by atoms with Crippen molar-refractivity contribution in [3.63, 3.8) is 0 Å². The minimum absolute atomic E-state index is 0.0450. The molecule has 12 nitrogen and oxygen atoms in total. The highest BCUT2D eigenvalue weighted by Crippen LogP contribution is 2.20. The summed E-state index contributed by atoms with van der Waals surface area (Å²) in [5, 5.41) is 18.8. The van der Waals surface area contributed by atoms with Crippen molar-refractivity contribution in [2.24, 2.45) is 5.92 Å². The summed E-state index contributed by atoms with van der Waals surface area (Å²) in [4.78, 5) is 61.5. The Bertz CT molecular complexity index is 1970. The van der Waals surface area contributed by atoms with Gasteiger partial charge in [0, 0.05) is 24.7 Å². The first kappa shape index (κ1) is 36.8. The molecule has 1 aromatic heterocycles. The normalized spacial score (nSPS) is 13.6. The minimum atomic E-state index is -1.70. The molecule has 12 heteroatoms. The van der Waals surface area contributed by atoms with Crippen LogP contribution in [-0.2, 0) is 49.9 Å². The standard InChI is InChI=1S/C41H45N5O7/c1-27(2)20-34(37(47)40(50)52-24-28-12-5-3-6-13-28)44-39(49)36(22-32-23-42-26-43-32)45-38(48)35(46-41(51)53-25-29-14-7-4-8-15-29)21-31-18-11-17-30-16-9-10-19-33(30)31/h3-19,23,26-27,34-37,47H,20-22,24-25H2,1-2H3,(H,42,43)(H,44,49)(H,45,48)(H,46,51)/t34-,35-,36-,37-/m0/s1/i/hD. The SMILES string of the molecule is [2H]N(C(=O)OCc1ccccc1)[C@@H](Cc1cccc2ccccc12)C(=O)N[C@@H](Cc1cnc[nH]1)C(=O)N[C@@H](CC(C)C)[C@H](O)C(=O)OCc1ccccc1. The third-order valence-electron chi connectivity index (χ3n) is 8.57. The van der Waals surface area contributed by atoms with Crippen LogP contribution in [-0.4, -0.2) is 63.2 Å². The van der Waals surface area contributed by atoms with Gasteiger partial charge >= 0.3 is 12.1 Å². The molecule has 0 bridgehead atoms. The first-order valence-corrected chi connectivity index (χ1v) is 17.5. The number of nitrogens with one attached hydrogen (secondary N) is 4. The summed E-state index contributed by atoms with van der Waals surface area (Å²) in [6.45, 7) is 3.58. The Morgan fingerprint density at radius 2 is 1.40 bits per heavy atom. The van der Waals surface area contributed by atoms with Crippen LogP contribution in [0.3, 0.4) is 0 Å². The highest BCUT2D eigenvalue weighted by molar-refractivity contribution is 5.93. The summed E-state index contributed by atoms with van der Waals surface area (Å²) in [5.41, 5.74) is 2.64. The maximum atomic E-state index is 14.3. The number of aliphatic hydroxyl groups excluding tert-OH is 1. The number of alkyl carbamates (subject to hydrolysis) is 1. The minimum Gasteiger partial charge on any atom is -0.459 e. The molecule has 53 heavy (non-hydrogen) atoms. The molecule has 0 saturated carbocycles. The Morgan fingerprint density at radius 1 is 0.774 bits per heavy atom. The van der Waals surface area contributed by atoms with Crippen molar-refractivity contribution >= 4 is 34.6 Å². The van der Waals surface area contributed by atoms with E-state index >= 15 is 0 Å². The van der Waals surface area contributed by atoms with E-state index in [0.29, 0.717) is 22.1 Å². The number of fused-ring (bicyclic) bond motifs is 1. The van der Waals surface area contributed by atoms with Crippen LogP contribution in [0.5, 0.6) is 0 Å². The van der Waals surface area contributed by atoms with E-state index in [9.17, 15) is 24.3 Å². The van der Waals surface area contributed by atoms with Gasteiger partial charge in [0.05, 0.1) is 12.4 Å². The van der Waals surface area contributed by atoms with Crippen molar-refractivity contribution in [2.75, 3.05) is 0 Å². The van der Waals surface area contributed by atoms with Crippen LogP contribution in [0.1, 0.15) is 42.7 Å². The molecule has 4 aromatic carbocycles. The molecule has 0 saturated heterocycles. The first-order chi connectivity index (χ1) is 26.1. The second-order valence-electron chi connectivity index (χ2n) is 13.2. The fraction of sp³-hybridized carbons (Fsp3) is 0.293. The van der Waals surface area contributed by atoms with E-state index in [-0.39, 0.29) is 38.4 Å². The average molecular weight is 721 g/mol. The highest BCUT2D eigenvalue weighted by Gasteiger charge is 2.34. The van der Waals surface area contributed by atoms with Gasteiger partial charge in [0.15, 0.2) is 7.52 Å². The number of hydrogen-bond donors (Lipinski definition) is 5. The Morgan fingerprint density at radius 3 is 2.06 bits per heavy atom. The number of amides is 3. The number of rotatable bonds is 17. The lowest BCUT2D eigenvalue weighted by molar-refractivity contribution is -0.157. The zero-order valence-electron chi connectivity index (χ0n) is 30.7. The molecule has 4 atom stereocenters. The number of H-pyrrole nitrogens is 1. The molecule has 5 N–H and O–H groups in total. The Labute approximate surface area is 309 Å². The lowest BCUT2D eigenvalue weighted by Gasteiger charge is -2.28. The van der Waals surface area contributed by atoms with E-state index in [4.69, 9.17) is 10.9 Å². The maximum Gasteiger partial charge on any atom is 0.408 e. The van der Waals surface area contributed by atoms with Crippen LogP contribution >= 0.6 is 0 Å². The number of aliphatic hydroxyl groups is 1. The van der Waals surface area contributed by atoms with E-state index in [1.54, 1.807) is 48.5 Å². The number of imidazole rings is 1. The number of benzene rings is 4. The van der Waals surface area contributed by atoms with Crippen LogP contribution in [0.4, 0.5) is 4.79 Å². The summed E-state index contributed by atoms with van der Waals surface area (Å²) in [6, 6.07) is 27.3. The number of ether oxygens (including phenoxy) is 2. The topological polar surface area (TPSA) is 172 Å². The predicted molar refractivity (Wildman–Crippen MR) is 199 cm³/mol. The van der Waals surface area contributed by atoms with Crippen molar-refractivity contribution in [3.05, 3.63) is 138 Å². The number of esters is 1. The molecule has 0 aliphatic carbocycles. The summed E-state index contributed by atoms with van der Waals surface area (Å²) in [6.07, 6.45) is 0.260. The van der Waals surface area contributed by atoms with Gasteiger partial charge < -0.3 is 35.5 Å². The lowest BCUT2D eigenvalue weighted by atomic mass is 9.97. The van der Waals surface area contributed by atoms with Crippen molar-refractivity contribution in [2.45, 2.75) is 70.6 Å². The third kappa shape index (κ3) is 11.5. The van der Waals surface area contributed by atoms with E-state index in [1.165, 1.54) is 12.5 Å². The van der Waals surface area contributed by atoms with Crippen LogP contribution in [0.25, 0.3) is 10.8 Å². The summed E-state index contributed by atoms with van der Waals surface area (Å²) in [7, 11) is 0. The molecule has 276 valence electrons. The van der Waals surface area contributed by atoms with E-state index in [1.807, 2.05) is 68.4 Å². The van der Waals surface area contributed by atoms with E-state index in [0.717, 1.165) is 16.3 Å². The molecule has 0 radical (unpaired) electrons. The number of hydrogen-bond acceptors (Lipinski definition) is 8. The molecule has 5 rings (SSSR count). The quantitative estimate of drug-likeness (QED) is 0.0856. The lowest BCUT2D eigenvalue weighted by Crippen LogP contribution is -2.58. The zero-order chi connectivity index (χ0) is 38.5. The molecule has 0 aliphatic heterocycles. The van der Waals surface area contributed by atoms with Gasteiger partial charge in [-0.3, -0.25) is 9.59 Å². The van der Waals surface area contributed by atoms with Crippen molar-refractivity contribution in [1.82, 2.24) is 25.9 Å². The number of aromatic amines is 1. The third-order valence-corrected chi connectivity index (χ3v) is 8.57. The summed E-state index contributed by atoms with van der Waals surface area (Å²) in [5.74, 6) is -2.45. The maximum absolute atomic E-state index is 14.3. The summed E-state index contributed by atoms with van der Waals surface area (Å²) >= 11 is 0. The fourth-order valence-electron chi connectivity index (χ4n) is 5.89. The number of nitrogens with zero attached hydrogens (tertiary/aromatic N) is 1. The van der Waals surface area contributed by atoms with Crippen LogP contribution in [0.15, 0.2) is 116 Å². The van der Waals surface area contributed by atoms with Crippen LogP contribution in [0, 0.1) is 5.92 Å². The van der Waals surface area contributed by atoms with Gasteiger partial charge in [-0.05, 0) is 39.8 Å². The molecule has 0 fully saturated rings.